The monoisotopic (exact) mass is 237 g/mol. The Balaban J connectivity index is 2.74. The molecule has 6 heteroatoms. The smallest absolute Gasteiger partial charge is 0.267 e. The third-order valence-electron chi connectivity index (χ3n) is 1.62. The van der Waals surface area contributed by atoms with Crippen LogP contribution in [0.15, 0.2) is 16.1 Å². The molecule has 0 atom stereocenters. The highest BCUT2D eigenvalue weighted by Crippen LogP contribution is 2.03. The summed E-state index contributed by atoms with van der Waals surface area (Å²) in [6, 6.07) is 0. The molecule has 1 heterocycles. The second-order valence-corrected chi connectivity index (χ2v) is 3.64. The lowest BCUT2D eigenvalue weighted by Gasteiger charge is -1.94. The van der Waals surface area contributed by atoms with E-state index in [1.807, 2.05) is 6.26 Å². The van der Waals surface area contributed by atoms with Crippen molar-refractivity contribution < 1.29 is 4.79 Å². The van der Waals surface area contributed by atoms with E-state index >= 15 is 0 Å². The number of H-pyrrole nitrogens is 1. The van der Waals surface area contributed by atoms with Gasteiger partial charge in [-0.15, -0.1) is 0 Å². The van der Waals surface area contributed by atoms with Crippen molar-refractivity contribution in [1.82, 2.24) is 15.3 Å². The average Bonchev–Trinajstić information content (AvgIpc) is 2.25. The molecule has 0 bridgehead atoms. The highest BCUT2D eigenvalue weighted by atomic mass is 32.2. The summed E-state index contributed by atoms with van der Waals surface area (Å²) in [4.78, 5) is 28.5. The zero-order valence-electron chi connectivity index (χ0n) is 8.96. The van der Waals surface area contributed by atoms with Gasteiger partial charge in [0.2, 0.25) is 5.91 Å². The van der Waals surface area contributed by atoms with Gasteiger partial charge in [0.15, 0.2) is 5.16 Å². The third kappa shape index (κ3) is 3.79. The molecule has 0 unspecified atom stereocenters. The molecule has 2 N–H and O–H groups in total. The van der Waals surface area contributed by atoms with Gasteiger partial charge in [-0.2, -0.15) is 0 Å². The molecular formula is C10H11N3O2S. The van der Waals surface area contributed by atoms with E-state index in [9.17, 15) is 9.59 Å². The Hall–Kier alpha value is -1.74. The van der Waals surface area contributed by atoms with Crippen molar-refractivity contribution in [3.63, 3.8) is 0 Å². The van der Waals surface area contributed by atoms with Crippen molar-refractivity contribution in [3.8, 4) is 11.8 Å². The van der Waals surface area contributed by atoms with Crippen molar-refractivity contribution >= 4 is 17.7 Å². The molecule has 0 aliphatic heterocycles. The number of amides is 1. The lowest BCUT2D eigenvalue weighted by molar-refractivity contribution is -0.118. The summed E-state index contributed by atoms with van der Waals surface area (Å²) < 4.78 is 0. The minimum absolute atomic E-state index is 0.154. The van der Waals surface area contributed by atoms with Crippen LogP contribution in [0.2, 0.25) is 0 Å². The van der Waals surface area contributed by atoms with Crippen molar-refractivity contribution in [2.75, 3.05) is 12.8 Å². The van der Waals surface area contributed by atoms with Crippen molar-refractivity contribution in [1.29, 1.82) is 0 Å². The molecule has 1 aromatic rings. The molecule has 0 saturated carbocycles. The van der Waals surface area contributed by atoms with E-state index in [1.165, 1.54) is 24.9 Å². The SMILES string of the molecule is CSc1ncc(C#CCNC(C)=O)c(=O)[nH]1. The van der Waals surface area contributed by atoms with E-state index in [-0.39, 0.29) is 18.0 Å². The molecular weight excluding hydrogens is 226 g/mol. The molecule has 0 spiro atoms. The molecule has 0 aromatic carbocycles. The summed E-state index contributed by atoms with van der Waals surface area (Å²) in [6.07, 6.45) is 3.24. The topological polar surface area (TPSA) is 74.8 Å². The van der Waals surface area contributed by atoms with E-state index in [4.69, 9.17) is 0 Å². The number of aromatic nitrogens is 2. The van der Waals surface area contributed by atoms with E-state index in [0.717, 1.165) is 0 Å². The van der Waals surface area contributed by atoms with E-state index < -0.39 is 0 Å². The summed E-state index contributed by atoms with van der Waals surface area (Å²) in [7, 11) is 0. The van der Waals surface area contributed by atoms with Gasteiger partial charge < -0.3 is 10.3 Å². The van der Waals surface area contributed by atoms with Gasteiger partial charge in [-0.25, -0.2) is 4.98 Å². The number of thioether (sulfide) groups is 1. The number of rotatable bonds is 2. The van der Waals surface area contributed by atoms with Gasteiger partial charge in [0, 0.05) is 6.92 Å². The fraction of sp³-hybridized carbons (Fsp3) is 0.300. The lowest BCUT2D eigenvalue weighted by Crippen LogP contribution is -2.19. The minimum atomic E-state index is -0.269. The Morgan fingerprint density at radius 3 is 3.00 bits per heavy atom. The van der Waals surface area contributed by atoms with Crippen LogP contribution in [0.1, 0.15) is 12.5 Å². The van der Waals surface area contributed by atoms with Crippen molar-refractivity contribution in [2.24, 2.45) is 0 Å². The quantitative estimate of drug-likeness (QED) is 0.430. The summed E-state index contributed by atoms with van der Waals surface area (Å²) in [6.45, 7) is 1.63. The number of nitrogens with zero attached hydrogens (tertiary/aromatic N) is 1. The maximum Gasteiger partial charge on any atom is 0.267 e. The zero-order valence-corrected chi connectivity index (χ0v) is 9.77. The van der Waals surface area contributed by atoms with Gasteiger partial charge in [-0.3, -0.25) is 9.59 Å². The molecule has 1 rings (SSSR count). The third-order valence-corrected chi connectivity index (χ3v) is 2.21. The minimum Gasteiger partial charge on any atom is -0.345 e. The number of carbonyl (C=O) groups excluding carboxylic acids is 1. The zero-order chi connectivity index (χ0) is 12.0. The predicted molar refractivity (Wildman–Crippen MR) is 62.2 cm³/mol. The highest BCUT2D eigenvalue weighted by molar-refractivity contribution is 7.98. The second-order valence-electron chi connectivity index (χ2n) is 2.85. The molecule has 84 valence electrons. The summed E-state index contributed by atoms with van der Waals surface area (Å²) >= 11 is 1.35. The van der Waals surface area contributed by atoms with Crippen LogP contribution < -0.4 is 10.9 Å². The largest absolute Gasteiger partial charge is 0.345 e. The first kappa shape index (κ1) is 12.3. The summed E-state index contributed by atoms with van der Waals surface area (Å²) in [5, 5.41) is 3.06. The first-order valence-electron chi connectivity index (χ1n) is 4.50. The van der Waals surface area contributed by atoms with Gasteiger partial charge in [-0.1, -0.05) is 23.6 Å². The van der Waals surface area contributed by atoms with Gasteiger partial charge in [0.25, 0.3) is 5.56 Å². The van der Waals surface area contributed by atoms with E-state index in [1.54, 1.807) is 0 Å². The Kier molecular flexibility index (Phi) is 4.61. The van der Waals surface area contributed by atoms with Crippen LogP contribution in [0.25, 0.3) is 0 Å². The first-order valence-corrected chi connectivity index (χ1v) is 5.72. The summed E-state index contributed by atoms with van der Waals surface area (Å²) in [5.41, 5.74) is 0.0258. The Bertz CT molecular complexity index is 499. The maximum absolute atomic E-state index is 11.4. The molecule has 0 saturated heterocycles. The van der Waals surface area contributed by atoms with Gasteiger partial charge in [0.1, 0.15) is 5.56 Å². The number of hydrogen-bond donors (Lipinski definition) is 2. The fourth-order valence-corrected chi connectivity index (χ4v) is 1.23. The fourth-order valence-electron chi connectivity index (χ4n) is 0.879. The molecule has 0 aliphatic rings. The Labute approximate surface area is 97.1 Å². The van der Waals surface area contributed by atoms with Gasteiger partial charge in [-0.05, 0) is 6.26 Å². The standard InChI is InChI=1S/C10H11N3O2S/c1-7(14)11-5-3-4-8-6-12-10(16-2)13-9(8)15/h6H,5H2,1-2H3,(H,11,14)(H,12,13,15). The number of hydrogen-bond acceptors (Lipinski definition) is 4. The molecule has 1 aromatic heterocycles. The molecule has 0 radical (unpaired) electrons. The number of aromatic amines is 1. The van der Waals surface area contributed by atoms with Crippen molar-refractivity contribution in [3.05, 3.63) is 22.1 Å². The van der Waals surface area contributed by atoms with Gasteiger partial charge in [0.05, 0.1) is 12.7 Å². The van der Waals surface area contributed by atoms with Crippen LogP contribution in [0.4, 0.5) is 0 Å². The molecule has 0 aliphatic carbocycles. The van der Waals surface area contributed by atoms with Crippen molar-refractivity contribution in [2.45, 2.75) is 12.1 Å². The first-order chi connectivity index (χ1) is 7.63. The number of nitrogens with one attached hydrogen (secondary N) is 2. The van der Waals surface area contributed by atoms with E-state index in [2.05, 4.69) is 27.1 Å². The normalized spacial score (nSPS) is 9.12. The second kappa shape index (κ2) is 5.98. The molecule has 5 nitrogen and oxygen atoms in total. The predicted octanol–water partition coefficient (Wildman–Crippen LogP) is -0.0206. The summed E-state index contributed by atoms with van der Waals surface area (Å²) in [5.74, 6) is 5.15. The highest BCUT2D eigenvalue weighted by Gasteiger charge is 1.97. The number of carbonyl (C=O) groups is 1. The Morgan fingerprint density at radius 1 is 1.69 bits per heavy atom. The van der Waals surface area contributed by atoms with Crippen LogP contribution in [-0.2, 0) is 4.79 Å². The Morgan fingerprint density at radius 2 is 2.44 bits per heavy atom. The van der Waals surface area contributed by atoms with Gasteiger partial charge >= 0.3 is 0 Å². The van der Waals surface area contributed by atoms with E-state index in [0.29, 0.717) is 10.7 Å². The maximum atomic E-state index is 11.4. The van der Waals surface area contributed by atoms with Crippen LogP contribution in [-0.4, -0.2) is 28.7 Å². The van der Waals surface area contributed by atoms with Crippen LogP contribution in [0, 0.1) is 11.8 Å². The van der Waals surface area contributed by atoms with Crippen LogP contribution in [0.5, 0.6) is 0 Å². The molecule has 1 amide bonds. The van der Waals surface area contributed by atoms with Crippen LogP contribution in [0.3, 0.4) is 0 Å². The van der Waals surface area contributed by atoms with Crippen LogP contribution >= 0.6 is 11.8 Å². The molecule has 16 heavy (non-hydrogen) atoms. The average molecular weight is 237 g/mol. The lowest BCUT2D eigenvalue weighted by atomic mass is 10.3. The molecule has 0 fully saturated rings.